The molecule has 0 aliphatic heterocycles. The Labute approximate surface area is 268 Å². The smallest absolute Gasteiger partial charge is 0.123 e. The summed E-state index contributed by atoms with van der Waals surface area (Å²) in [5, 5.41) is 7.33. The number of hydrogen-bond donors (Lipinski definition) is 1. The van der Waals surface area contributed by atoms with Gasteiger partial charge in [0, 0.05) is 19.9 Å². The van der Waals surface area contributed by atoms with Crippen molar-refractivity contribution in [2.24, 2.45) is 16.8 Å². The second-order valence-corrected chi connectivity index (χ2v) is 8.47. The molecule has 0 aromatic carbocycles. The number of hydrogen-bond acceptors (Lipinski definition) is 4. The maximum absolute atomic E-state index is 7.33. The fraction of sp³-hybridized carbons (Fsp3) is 0.462. The molecule has 0 aromatic rings. The van der Waals surface area contributed by atoms with Crippen molar-refractivity contribution < 1.29 is 14.6 Å². The standard InChI is InChI=1S/C24H33NO.C5H8.C4H10O.C2H4O.2C2H6/c1-5-10-21(4)12-8-13-22-19-23(20-22)14-9-15-24(11-6-2)26-18-17-25-16-7-3;1-3-5-4-2;1-3-4-5-2;1-2-3;2*1-2/h5-12,14-15,17,22-23H,1,3,13,16,18-20H2,2,4H3;3-4H,1-2,5H2;3-4H2,1-2H3;2-3H,1H2;2*1-2H3/b11-6-,12-8+,14-9+,21-10-,24-15+,25-17?;;;;;. The van der Waals surface area contributed by atoms with Gasteiger partial charge in [0.15, 0.2) is 0 Å². The van der Waals surface area contributed by atoms with E-state index in [4.69, 9.17) is 14.6 Å². The molecule has 0 radical (unpaired) electrons. The SMILES string of the molecule is C=C/C=C(C)\C=C\CC1CC(/C=C/C=C(\C=C/C)OCC=NCC=C)C1.C=CCC=C.C=CO.CC.CC.CCCOC. The Balaban J connectivity index is -0.000000233. The highest BCUT2D eigenvalue weighted by molar-refractivity contribution is 5.58. The Morgan fingerprint density at radius 2 is 1.56 bits per heavy atom. The lowest BCUT2D eigenvalue weighted by Crippen LogP contribution is -2.21. The summed E-state index contributed by atoms with van der Waals surface area (Å²) in [6, 6.07) is 0. The van der Waals surface area contributed by atoms with E-state index in [0.29, 0.717) is 19.1 Å². The molecular weight excluding hydrogens is 530 g/mol. The first-order valence-electron chi connectivity index (χ1n) is 15.6. The molecule has 0 atom stereocenters. The third kappa shape index (κ3) is 45.8. The number of rotatable bonds is 16. The van der Waals surface area contributed by atoms with Crippen LogP contribution in [0.4, 0.5) is 0 Å². The summed E-state index contributed by atoms with van der Waals surface area (Å²) in [6.07, 6.45) is 32.4. The van der Waals surface area contributed by atoms with Crippen LogP contribution in [0.15, 0.2) is 128 Å². The second-order valence-electron chi connectivity index (χ2n) is 8.47. The predicted molar refractivity (Wildman–Crippen MR) is 198 cm³/mol. The predicted octanol–water partition coefficient (Wildman–Crippen LogP) is 11.9. The fourth-order valence-corrected chi connectivity index (χ4v) is 3.11. The van der Waals surface area contributed by atoms with Gasteiger partial charge in [-0.25, -0.2) is 0 Å². The molecule has 246 valence electrons. The summed E-state index contributed by atoms with van der Waals surface area (Å²) < 4.78 is 10.4. The van der Waals surface area contributed by atoms with Crippen LogP contribution in [0.1, 0.15) is 80.6 Å². The first kappa shape index (κ1) is 49.3. The molecule has 4 nitrogen and oxygen atoms in total. The molecule has 1 saturated carbocycles. The lowest BCUT2D eigenvalue weighted by molar-refractivity contribution is 0.199. The Morgan fingerprint density at radius 1 is 0.953 bits per heavy atom. The lowest BCUT2D eigenvalue weighted by Gasteiger charge is -2.32. The maximum Gasteiger partial charge on any atom is 0.123 e. The molecule has 1 fully saturated rings. The Kier molecular flexibility index (Phi) is 55.5. The minimum absolute atomic E-state index is 0.482. The van der Waals surface area contributed by atoms with Crippen LogP contribution >= 0.6 is 0 Å². The molecule has 1 aliphatic carbocycles. The van der Waals surface area contributed by atoms with Crippen LogP contribution in [0.25, 0.3) is 0 Å². The summed E-state index contributed by atoms with van der Waals surface area (Å²) in [7, 11) is 1.71. The molecule has 1 aliphatic rings. The van der Waals surface area contributed by atoms with E-state index in [1.54, 1.807) is 19.4 Å². The van der Waals surface area contributed by atoms with Crippen LogP contribution in [0, 0.1) is 11.8 Å². The number of aliphatic hydroxyl groups is 1. The molecule has 0 unspecified atom stereocenters. The number of aliphatic imine (C=N–C) groups is 1. The van der Waals surface area contributed by atoms with Crippen molar-refractivity contribution in [1.29, 1.82) is 0 Å². The minimum atomic E-state index is 0.482. The van der Waals surface area contributed by atoms with E-state index < -0.39 is 0 Å². The zero-order valence-corrected chi connectivity index (χ0v) is 29.1. The highest BCUT2D eigenvalue weighted by Crippen LogP contribution is 2.37. The van der Waals surface area contributed by atoms with Crippen LogP contribution in [-0.2, 0) is 9.47 Å². The van der Waals surface area contributed by atoms with Crippen LogP contribution in [0.5, 0.6) is 0 Å². The molecule has 1 N–H and O–H groups in total. The molecular formula is C39H67NO3. The van der Waals surface area contributed by atoms with Gasteiger partial charge in [-0.3, -0.25) is 4.99 Å². The molecule has 4 heteroatoms. The van der Waals surface area contributed by atoms with Gasteiger partial charge < -0.3 is 14.6 Å². The summed E-state index contributed by atoms with van der Waals surface area (Å²) in [4.78, 5) is 4.16. The van der Waals surface area contributed by atoms with Gasteiger partial charge in [-0.15, -0.1) is 19.7 Å². The van der Waals surface area contributed by atoms with Crippen LogP contribution < -0.4 is 0 Å². The van der Waals surface area contributed by atoms with Crippen LogP contribution in [-0.4, -0.2) is 38.2 Å². The average molecular weight is 598 g/mol. The van der Waals surface area contributed by atoms with Gasteiger partial charge in [-0.2, -0.15) is 0 Å². The molecule has 1 rings (SSSR count). The first-order chi connectivity index (χ1) is 20.9. The van der Waals surface area contributed by atoms with Crippen LogP contribution in [0.2, 0.25) is 0 Å². The molecule has 0 amide bonds. The van der Waals surface area contributed by atoms with Gasteiger partial charge in [0.1, 0.15) is 12.4 Å². The topological polar surface area (TPSA) is 51.0 Å². The van der Waals surface area contributed by atoms with Crippen molar-refractivity contribution in [3.05, 3.63) is 123 Å². The third-order valence-corrected chi connectivity index (χ3v) is 4.91. The van der Waals surface area contributed by atoms with E-state index in [9.17, 15) is 0 Å². The van der Waals surface area contributed by atoms with Gasteiger partial charge in [0.05, 0.1) is 12.8 Å². The van der Waals surface area contributed by atoms with Gasteiger partial charge in [0.2, 0.25) is 0 Å². The van der Waals surface area contributed by atoms with Crippen molar-refractivity contribution in [3.8, 4) is 0 Å². The zero-order valence-electron chi connectivity index (χ0n) is 29.1. The van der Waals surface area contributed by atoms with Crippen LogP contribution in [0.3, 0.4) is 0 Å². The molecule has 0 saturated heterocycles. The van der Waals surface area contributed by atoms with Crippen molar-refractivity contribution in [3.63, 3.8) is 0 Å². The normalized spacial score (nSPS) is 15.4. The Bertz CT molecular complexity index is 783. The lowest BCUT2D eigenvalue weighted by atomic mass is 9.73. The Morgan fingerprint density at radius 3 is 1.98 bits per heavy atom. The van der Waals surface area contributed by atoms with Gasteiger partial charge in [-0.05, 0) is 69.9 Å². The monoisotopic (exact) mass is 598 g/mol. The van der Waals surface area contributed by atoms with Crippen molar-refractivity contribution >= 4 is 6.21 Å². The van der Waals surface area contributed by atoms with Crippen molar-refractivity contribution in [1.82, 2.24) is 0 Å². The summed E-state index contributed by atoms with van der Waals surface area (Å²) >= 11 is 0. The van der Waals surface area contributed by atoms with E-state index in [0.717, 1.165) is 37.4 Å². The van der Waals surface area contributed by atoms with E-state index >= 15 is 0 Å². The average Bonchev–Trinajstić information content (AvgIpc) is 2.99. The minimum Gasteiger partial charge on any atom is -0.516 e. The summed E-state index contributed by atoms with van der Waals surface area (Å²) in [5.41, 5.74) is 1.26. The largest absolute Gasteiger partial charge is 0.516 e. The summed E-state index contributed by atoms with van der Waals surface area (Å²) in [5.74, 6) is 2.36. The van der Waals surface area contributed by atoms with E-state index in [2.05, 4.69) is 76.0 Å². The highest BCUT2D eigenvalue weighted by atomic mass is 16.5. The number of nitrogens with zero attached hydrogens (tertiary/aromatic N) is 1. The molecule has 43 heavy (non-hydrogen) atoms. The van der Waals surface area contributed by atoms with Gasteiger partial charge >= 0.3 is 0 Å². The first-order valence-corrected chi connectivity index (χ1v) is 15.6. The number of allylic oxidation sites excluding steroid dienone is 12. The zero-order chi connectivity index (χ0) is 34.0. The maximum atomic E-state index is 7.33. The molecule has 0 heterocycles. The number of aliphatic hydroxyl groups excluding tert-OH is 1. The van der Waals surface area contributed by atoms with E-state index in [1.165, 1.54) is 24.8 Å². The van der Waals surface area contributed by atoms with Crippen molar-refractivity contribution in [2.45, 2.75) is 80.6 Å². The van der Waals surface area contributed by atoms with Gasteiger partial charge in [-0.1, -0.05) is 114 Å². The van der Waals surface area contributed by atoms with E-state index in [-0.39, 0.29) is 0 Å². The number of ether oxygens (including phenoxy) is 2. The highest BCUT2D eigenvalue weighted by Gasteiger charge is 2.25. The third-order valence-electron chi connectivity index (χ3n) is 4.91. The molecule has 0 bridgehead atoms. The summed E-state index contributed by atoms with van der Waals surface area (Å²) in [6.45, 7) is 33.4. The van der Waals surface area contributed by atoms with Crippen molar-refractivity contribution in [2.75, 3.05) is 26.9 Å². The quantitative estimate of drug-likeness (QED) is 0.0833. The fourth-order valence-electron chi connectivity index (χ4n) is 3.11. The second kappa shape index (κ2) is 48.4. The van der Waals surface area contributed by atoms with E-state index in [1.807, 2.05) is 77.2 Å². The molecule has 0 aromatic heterocycles. The molecule has 0 spiro atoms. The van der Waals surface area contributed by atoms with Gasteiger partial charge in [0.25, 0.3) is 0 Å². The Hall–Kier alpha value is -3.37. The number of methoxy groups -OCH3 is 1.